The van der Waals surface area contributed by atoms with Crippen molar-refractivity contribution in [2.24, 2.45) is 0 Å². The van der Waals surface area contributed by atoms with E-state index in [4.69, 9.17) is 23.2 Å². The molecule has 126 valence electrons. The highest BCUT2D eigenvalue weighted by molar-refractivity contribution is 6.69. The smallest absolute Gasteiger partial charge is 0.253 e. The molecule has 0 spiro atoms. The van der Waals surface area contributed by atoms with Crippen LogP contribution in [-0.4, -0.2) is 10.5 Å². The molecule has 0 heterocycles. The molecule has 0 aliphatic heterocycles. The molecule has 0 saturated carbocycles. The summed E-state index contributed by atoms with van der Waals surface area (Å²) in [5.41, 5.74) is 2.55. The van der Waals surface area contributed by atoms with Crippen LogP contribution in [0.1, 0.15) is 20.7 Å². The Hall–Kier alpha value is -2.68. The van der Waals surface area contributed by atoms with Crippen molar-refractivity contribution in [3.8, 4) is 11.1 Å². The van der Waals surface area contributed by atoms with Crippen LogP contribution in [0.2, 0.25) is 0 Å². The first-order valence-electron chi connectivity index (χ1n) is 8.01. The molecule has 2 nitrogen and oxygen atoms in total. The van der Waals surface area contributed by atoms with Crippen molar-refractivity contribution in [2.75, 3.05) is 0 Å². The van der Waals surface area contributed by atoms with Crippen molar-refractivity contribution < 1.29 is 9.59 Å². The van der Waals surface area contributed by atoms with E-state index in [9.17, 15) is 9.59 Å². The van der Waals surface area contributed by atoms with Gasteiger partial charge in [-0.3, -0.25) is 9.59 Å². The maximum absolute atomic E-state index is 12.0. The van der Waals surface area contributed by atoms with Gasteiger partial charge in [-0.2, -0.15) is 0 Å². The molecule has 0 fully saturated rings. The highest BCUT2D eigenvalue weighted by atomic mass is 35.5. The molecule has 0 aromatic heterocycles. The molecule has 0 amide bonds. The Kier molecular flexibility index (Phi) is 4.23. The van der Waals surface area contributed by atoms with Crippen LogP contribution in [0.4, 0.5) is 0 Å². The number of halogens is 2. The second kappa shape index (κ2) is 6.56. The third-order valence-corrected chi connectivity index (χ3v) is 4.93. The van der Waals surface area contributed by atoms with E-state index in [1.807, 2.05) is 48.5 Å². The number of benzene rings is 4. The number of hydrogen-bond acceptors (Lipinski definition) is 2. The Morgan fingerprint density at radius 3 is 1.23 bits per heavy atom. The van der Waals surface area contributed by atoms with Gasteiger partial charge in [0.05, 0.1) is 0 Å². The summed E-state index contributed by atoms with van der Waals surface area (Å²) in [6.45, 7) is 0. The number of rotatable bonds is 3. The van der Waals surface area contributed by atoms with Gasteiger partial charge in [-0.25, -0.2) is 0 Å². The van der Waals surface area contributed by atoms with Crippen LogP contribution in [0.3, 0.4) is 0 Å². The third-order valence-electron chi connectivity index (χ3n) is 4.52. The lowest BCUT2D eigenvalue weighted by Crippen LogP contribution is -1.96. The molecule has 0 saturated heterocycles. The van der Waals surface area contributed by atoms with Crippen molar-refractivity contribution in [1.82, 2.24) is 0 Å². The Morgan fingerprint density at radius 1 is 0.538 bits per heavy atom. The molecule has 4 aromatic rings. The van der Waals surface area contributed by atoms with E-state index in [0.717, 1.165) is 32.7 Å². The van der Waals surface area contributed by atoms with Gasteiger partial charge >= 0.3 is 0 Å². The zero-order valence-electron chi connectivity index (χ0n) is 13.5. The highest BCUT2D eigenvalue weighted by Gasteiger charge is 2.17. The Morgan fingerprint density at radius 2 is 0.885 bits per heavy atom. The fourth-order valence-electron chi connectivity index (χ4n) is 3.46. The topological polar surface area (TPSA) is 34.1 Å². The van der Waals surface area contributed by atoms with E-state index in [0.29, 0.717) is 11.1 Å². The van der Waals surface area contributed by atoms with Gasteiger partial charge in [0.2, 0.25) is 0 Å². The van der Waals surface area contributed by atoms with Gasteiger partial charge in [-0.15, -0.1) is 0 Å². The standard InChI is InChI=1S/C22H12Cl2O2/c23-21(25)17-11-3-7-13-5-1-9-15(19(13)17)16-10-2-6-14-8-4-12-18(20(14)16)22(24)26/h1-12H. The predicted octanol–water partition coefficient (Wildman–Crippen LogP) is 6.42. The van der Waals surface area contributed by atoms with Crippen molar-refractivity contribution in [3.05, 3.63) is 83.9 Å². The van der Waals surface area contributed by atoms with E-state index < -0.39 is 10.5 Å². The summed E-state index contributed by atoms with van der Waals surface area (Å²) in [5.74, 6) is 0. The molecule has 0 radical (unpaired) electrons. The monoisotopic (exact) mass is 378 g/mol. The number of fused-ring (bicyclic) bond motifs is 2. The minimum Gasteiger partial charge on any atom is -0.276 e. The zero-order chi connectivity index (χ0) is 18.3. The fourth-order valence-corrected chi connectivity index (χ4v) is 3.77. The van der Waals surface area contributed by atoms with E-state index >= 15 is 0 Å². The summed E-state index contributed by atoms with van der Waals surface area (Å²) < 4.78 is 0. The Labute approximate surface area is 160 Å². The average molecular weight is 379 g/mol. The van der Waals surface area contributed by atoms with Gasteiger partial charge in [-0.05, 0) is 57.2 Å². The fraction of sp³-hybridized carbons (Fsp3) is 0. The van der Waals surface area contributed by atoms with Crippen LogP contribution in [0.5, 0.6) is 0 Å². The molecule has 0 aliphatic carbocycles. The van der Waals surface area contributed by atoms with E-state index in [1.54, 1.807) is 24.3 Å². The van der Waals surface area contributed by atoms with Crippen molar-refractivity contribution >= 4 is 55.2 Å². The summed E-state index contributed by atoms with van der Waals surface area (Å²) in [4.78, 5) is 23.9. The van der Waals surface area contributed by atoms with Crippen molar-refractivity contribution in [3.63, 3.8) is 0 Å². The molecule has 26 heavy (non-hydrogen) atoms. The van der Waals surface area contributed by atoms with Gasteiger partial charge in [0, 0.05) is 21.9 Å². The van der Waals surface area contributed by atoms with Crippen LogP contribution >= 0.6 is 23.2 Å². The Bertz CT molecular complexity index is 1090. The molecule has 0 bridgehead atoms. The van der Waals surface area contributed by atoms with Crippen LogP contribution in [0.25, 0.3) is 32.7 Å². The SMILES string of the molecule is O=C(Cl)c1cccc2cccc(-c3cccc4cccc(C(=O)Cl)c34)c12. The van der Waals surface area contributed by atoms with E-state index in [2.05, 4.69) is 0 Å². The first kappa shape index (κ1) is 16.8. The van der Waals surface area contributed by atoms with Gasteiger partial charge in [0.15, 0.2) is 0 Å². The van der Waals surface area contributed by atoms with E-state index in [1.165, 1.54) is 0 Å². The molecule has 4 aromatic carbocycles. The summed E-state index contributed by atoms with van der Waals surface area (Å²) >= 11 is 11.7. The molecule has 4 rings (SSSR count). The van der Waals surface area contributed by atoms with Crippen molar-refractivity contribution in [2.45, 2.75) is 0 Å². The second-order valence-electron chi connectivity index (χ2n) is 5.97. The normalized spacial score (nSPS) is 11.0. The lowest BCUT2D eigenvalue weighted by molar-refractivity contribution is 0.107. The maximum Gasteiger partial charge on any atom is 0.253 e. The van der Waals surface area contributed by atoms with Gasteiger partial charge < -0.3 is 0 Å². The second-order valence-corrected chi connectivity index (χ2v) is 6.65. The largest absolute Gasteiger partial charge is 0.276 e. The molecular formula is C22H12Cl2O2. The van der Waals surface area contributed by atoms with Gasteiger partial charge in [0.1, 0.15) is 0 Å². The molecule has 0 unspecified atom stereocenters. The third kappa shape index (κ3) is 2.68. The van der Waals surface area contributed by atoms with Crippen molar-refractivity contribution in [1.29, 1.82) is 0 Å². The quantitative estimate of drug-likeness (QED) is 0.385. The predicted molar refractivity (Wildman–Crippen MR) is 107 cm³/mol. The summed E-state index contributed by atoms with van der Waals surface area (Å²) in [6, 6.07) is 22.4. The first-order valence-corrected chi connectivity index (χ1v) is 8.77. The molecule has 0 N–H and O–H groups in total. The minimum atomic E-state index is -0.517. The van der Waals surface area contributed by atoms with E-state index in [-0.39, 0.29) is 0 Å². The maximum atomic E-state index is 12.0. The zero-order valence-corrected chi connectivity index (χ0v) is 15.0. The van der Waals surface area contributed by atoms with Crippen LogP contribution in [0, 0.1) is 0 Å². The minimum absolute atomic E-state index is 0.437. The molecule has 0 aliphatic rings. The Balaban J connectivity index is 2.19. The lowest BCUT2D eigenvalue weighted by atomic mass is 9.90. The van der Waals surface area contributed by atoms with Gasteiger partial charge in [0.25, 0.3) is 10.5 Å². The van der Waals surface area contributed by atoms with Crippen LogP contribution in [0.15, 0.2) is 72.8 Å². The summed E-state index contributed by atoms with van der Waals surface area (Å²) in [7, 11) is 0. The van der Waals surface area contributed by atoms with Crippen LogP contribution in [-0.2, 0) is 0 Å². The molecule has 4 heteroatoms. The summed E-state index contributed by atoms with van der Waals surface area (Å²) in [5, 5.41) is 2.30. The average Bonchev–Trinajstić information content (AvgIpc) is 2.65. The first-order chi connectivity index (χ1) is 12.6. The number of carbonyl (C=O) groups is 2. The van der Waals surface area contributed by atoms with Gasteiger partial charge in [-0.1, -0.05) is 60.7 Å². The molecule has 0 atom stereocenters. The van der Waals surface area contributed by atoms with Crippen LogP contribution < -0.4 is 0 Å². The number of carbonyl (C=O) groups excluding carboxylic acids is 2. The summed E-state index contributed by atoms with van der Waals surface area (Å²) in [6.07, 6.45) is 0. The lowest BCUT2D eigenvalue weighted by Gasteiger charge is -2.14. The highest BCUT2D eigenvalue weighted by Crippen LogP contribution is 2.37. The number of hydrogen-bond donors (Lipinski definition) is 0. The molecular weight excluding hydrogens is 367 g/mol.